The van der Waals surface area contributed by atoms with Crippen molar-refractivity contribution in [2.24, 2.45) is 0 Å². The molecule has 7 nitrogen and oxygen atoms in total. The van der Waals surface area contributed by atoms with Gasteiger partial charge in [-0.05, 0) is 25.1 Å². The van der Waals surface area contributed by atoms with E-state index in [0.717, 1.165) is 10.6 Å². The Morgan fingerprint density at radius 2 is 1.64 bits per heavy atom. The lowest BCUT2D eigenvalue weighted by Gasteiger charge is -2.08. The summed E-state index contributed by atoms with van der Waals surface area (Å²) < 4.78 is 0. The zero-order valence-electron chi connectivity index (χ0n) is 15.3. The summed E-state index contributed by atoms with van der Waals surface area (Å²) in [5.41, 5.74) is 7.10. The number of carbonyl (C=O) groups is 3. The van der Waals surface area contributed by atoms with Crippen LogP contribution in [0.1, 0.15) is 32.6 Å². The normalized spacial score (nSPS) is 10.2. The Balaban J connectivity index is 1.67. The van der Waals surface area contributed by atoms with Crippen LogP contribution in [0.4, 0.5) is 5.69 Å². The fourth-order valence-corrected chi connectivity index (χ4v) is 3.46. The van der Waals surface area contributed by atoms with Gasteiger partial charge in [0.1, 0.15) is 9.88 Å². The number of aryl methyl sites for hydroxylation is 1. The molecule has 0 aliphatic carbocycles. The number of carbonyl (C=O) groups excluding carboxylic acids is 3. The predicted molar refractivity (Wildman–Crippen MR) is 108 cm³/mol. The first-order valence-corrected chi connectivity index (χ1v) is 9.27. The maximum absolute atomic E-state index is 12.4. The number of anilines is 1. The van der Waals surface area contributed by atoms with Crippen LogP contribution in [0.25, 0.3) is 10.6 Å². The van der Waals surface area contributed by atoms with Crippen molar-refractivity contribution in [3.8, 4) is 10.6 Å². The van der Waals surface area contributed by atoms with E-state index in [9.17, 15) is 14.4 Å². The van der Waals surface area contributed by atoms with Crippen LogP contribution in [0.15, 0.2) is 54.6 Å². The number of amides is 3. The molecule has 1 heterocycles. The summed E-state index contributed by atoms with van der Waals surface area (Å²) in [6.45, 7) is 3.13. The molecule has 3 aromatic rings. The highest BCUT2D eigenvalue weighted by Crippen LogP contribution is 2.27. The Hall–Kier alpha value is -3.52. The van der Waals surface area contributed by atoms with Gasteiger partial charge in [0.25, 0.3) is 11.8 Å². The van der Waals surface area contributed by atoms with Gasteiger partial charge in [0.15, 0.2) is 0 Å². The number of benzene rings is 2. The van der Waals surface area contributed by atoms with E-state index in [0.29, 0.717) is 21.8 Å². The highest BCUT2D eigenvalue weighted by molar-refractivity contribution is 7.17. The lowest BCUT2D eigenvalue weighted by molar-refractivity contribution is -0.114. The van der Waals surface area contributed by atoms with Crippen LogP contribution in [0.2, 0.25) is 0 Å². The summed E-state index contributed by atoms with van der Waals surface area (Å²) >= 11 is 1.26. The van der Waals surface area contributed by atoms with Crippen LogP contribution in [0, 0.1) is 6.92 Å². The Morgan fingerprint density at radius 1 is 0.929 bits per heavy atom. The molecule has 0 aliphatic heterocycles. The van der Waals surface area contributed by atoms with Gasteiger partial charge >= 0.3 is 0 Å². The topological polar surface area (TPSA) is 100 Å². The monoisotopic (exact) mass is 394 g/mol. The SMILES string of the molecule is CC(=O)Nc1cccc(C(=O)NNC(=O)c2sc(-c3ccccc3)nc2C)c1. The highest BCUT2D eigenvalue weighted by atomic mass is 32.1. The van der Waals surface area contributed by atoms with Gasteiger partial charge in [0, 0.05) is 23.7 Å². The molecule has 0 atom stereocenters. The largest absolute Gasteiger partial charge is 0.326 e. The quantitative estimate of drug-likeness (QED) is 0.592. The van der Waals surface area contributed by atoms with Gasteiger partial charge in [-0.15, -0.1) is 11.3 Å². The molecule has 0 spiro atoms. The van der Waals surface area contributed by atoms with Gasteiger partial charge in [-0.2, -0.15) is 0 Å². The molecule has 8 heteroatoms. The average Bonchev–Trinajstić information content (AvgIpc) is 3.08. The number of rotatable bonds is 4. The summed E-state index contributed by atoms with van der Waals surface area (Å²) in [4.78, 5) is 40.7. The minimum absolute atomic E-state index is 0.235. The number of nitrogens with one attached hydrogen (secondary N) is 3. The number of nitrogens with zero attached hydrogens (tertiary/aromatic N) is 1. The van der Waals surface area contributed by atoms with E-state index in [-0.39, 0.29) is 5.91 Å². The van der Waals surface area contributed by atoms with Crippen molar-refractivity contribution in [2.75, 3.05) is 5.32 Å². The van der Waals surface area contributed by atoms with Crippen molar-refractivity contribution in [3.05, 3.63) is 70.7 Å². The highest BCUT2D eigenvalue weighted by Gasteiger charge is 2.17. The molecule has 0 saturated carbocycles. The van der Waals surface area contributed by atoms with Crippen LogP contribution in [-0.4, -0.2) is 22.7 Å². The summed E-state index contributed by atoms with van der Waals surface area (Å²) in [5, 5.41) is 3.34. The van der Waals surface area contributed by atoms with E-state index in [4.69, 9.17) is 0 Å². The Morgan fingerprint density at radius 3 is 2.36 bits per heavy atom. The lowest BCUT2D eigenvalue weighted by Crippen LogP contribution is -2.41. The van der Waals surface area contributed by atoms with Crippen LogP contribution in [0.5, 0.6) is 0 Å². The van der Waals surface area contributed by atoms with Crippen LogP contribution >= 0.6 is 11.3 Å². The van der Waals surface area contributed by atoms with E-state index in [1.54, 1.807) is 25.1 Å². The van der Waals surface area contributed by atoms with E-state index in [1.165, 1.54) is 24.3 Å². The van der Waals surface area contributed by atoms with Crippen molar-refractivity contribution in [1.29, 1.82) is 0 Å². The summed E-state index contributed by atoms with van der Waals surface area (Å²) in [6.07, 6.45) is 0. The third-order valence-corrected chi connectivity index (χ3v) is 4.96. The first-order chi connectivity index (χ1) is 13.4. The number of thiazole rings is 1. The van der Waals surface area contributed by atoms with Crippen molar-refractivity contribution in [3.63, 3.8) is 0 Å². The predicted octanol–water partition coefficient (Wildman–Crippen LogP) is 3.15. The molecule has 0 radical (unpaired) electrons. The molecule has 1 aromatic heterocycles. The second kappa shape index (κ2) is 8.45. The summed E-state index contributed by atoms with van der Waals surface area (Å²) in [6, 6.07) is 16.0. The number of aromatic nitrogens is 1. The average molecular weight is 394 g/mol. The fourth-order valence-electron chi connectivity index (χ4n) is 2.50. The van der Waals surface area contributed by atoms with Gasteiger partial charge in [0.05, 0.1) is 5.69 Å². The fraction of sp³-hybridized carbons (Fsp3) is 0.100. The standard InChI is InChI=1S/C20H18N4O3S/c1-12-17(28-20(21-12)14-7-4-3-5-8-14)19(27)24-23-18(26)15-9-6-10-16(11-15)22-13(2)25/h3-11H,1-2H3,(H,22,25)(H,23,26)(H,24,27). The van der Waals surface area contributed by atoms with Crippen LogP contribution < -0.4 is 16.2 Å². The van der Waals surface area contributed by atoms with E-state index in [1.807, 2.05) is 30.3 Å². The minimum atomic E-state index is -0.494. The molecule has 0 saturated heterocycles. The van der Waals surface area contributed by atoms with Gasteiger partial charge in [-0.3, -0.25) is 25.2 Å². The van der Waals surface area contributed by atoms with Crippen LogP contribution in [0.3, 0.4) is 0 Å². The molecule has 3 N–H and O–H groups in total. The minimum Gasteiger partial charge on any atom is -0.326 e. The number of hydrogen-bond acceptors (Lipinski definition) is 5. The Labute approximate surface area is 165 Å². The zero-order chi connectivity index (χ0) is 20.1. The third kappa shape index (κ3) is 4.60. The number of hydrazine groups is 1. The second-order valence-electron chi connectivity index (χ2n) is 5.97. The maximum Gasteiger partial charge on any atom is 0.281 e. The Bertz CT molecular complexity index is 1030. The van der Waals surface area contributed by atoms with E-state index < -0.39 is 11.8 Å². The molecule has 0 bridgehead atoms. The molecular formula is C20H18N4O3S. The van der Waals surface area contributed by atoms with Crippen molar-refractivity contribution in [2.45, 2.75) is 13.8 Å². The third-order valence-electron chi connectivity index (χ3n) is 3.76. The molecule has 28 heavy (non-hydrogen) atoms. The molecular weight excluding hydrogens is 376 g/mol. The molecule has 2 aromatic carbocycles. The molecule has 142 valence electrons. The molecule has 0 unspecified atom stereocenters. The molecule has 3 rings (SSSR count). The number of hydrogen-bond donors (Lipinski definition) is 3. The summed E-state index contributed by atoms with van der Waals surface area (Å²) in [5.74, 6) is -1.17. The van der Waals surface area contributed by atoms with Gasteiger partial charge < -0.3 is 5.32 Å². The lowest BCUT2D eigenvalue weighted by atomic mass is 10.2. The van der Waals surface area contributed by atoms with Gasteiger partial charge in [-0.1, -0.05) is 36.4 Å². The van der Waals surface area contributed by atoms with E-state index >= 15 is 0 Å². The second-order valence-corrected chi connectivity index (χ2v) is 6.97. The van der Waals surface area contributed by atoms with Gasteiger partial charge in [0.2, 0.25) is 5.91 Å². The summed E-state index contributed by atoms with van der Waals surface area (Å²) in [7, 11) is 0. The van der Waals surface area contributed by atoms with Gasteiger partial charge in [-0.25, -0.2) is 4.98 Å². The Kier molecular flexibility index (Phi) is 5.81. The van der Waals surface area contributed by atoms with Crippen molar-refractivity contribution >= 4 is 34.7 Å². The maximum atomic E-state index is 12.4. The zero-order valence-corrected chi connectivity index (χ0v) is 16.1. The first-order valence-electron chi connectivity index (χ1n) is 8.45. The first kappa shape index (κ1) is 19.2. The molecule has 0 aliphatic rings. The van der Waals surface area contributed by atoms with Crippen LogP contribution in [-0.2, 0) is 4.79 Å². The van der Waals surface area contributed by atoms with Crippen molar-refractivity contribution < 1.29 is 14.4 Å². The van der Waals surface area contributed by atoms with Crippen molar-refractivity contribution in [1.82, 2.24) is 15.8 Å². The smallest absolute Gasteiger partial charge is 0.281 e. The molecule has 3 amide bonds. The van der Waals surface area contributed by atoms with E-state index in [2.05, 4.69) is 21.2 Å². The molecule has 0 fully saturated rings.